The van der Waals surface area contributed by atoms with Gasteiger partial charge >= 0.3 is 5.13 Å². The molecule has 1 aromatic heterocycles. The number of thiophene rings is 1. The summed E-state index contributed by atoms with van der Waals surface area (Å²) in [5.74, 6) is 2.60. The monoisotopic (exact) mass is 230 g/mol. The molecule has 5 heteroatoms. The van der Waals surface area contributed by atoms with Crippen molar-refractivity contribution in [3.05, 3.63) is 15.0 Å². The highest BCUT2D eigenvalue weighted by molar-refractivity contribution is 7.30. The first-order chi connectivity index (χ1) is 6.63. The highest BCUT2D eigenvalue weighted by Gasteiger charge is 2.29. The fourth-order valence-corrected chi connectivity index (χ4v) is 2.94. The molecule has 0 saturated heterocycles. The molecule has 0 fully saturated rings. The van der Waals surface area contributed by atoms with Crippen LogP contribution in [0.15, 0.2) is 4.99 Å². The van der Waals surface area contributed by atoms with Crippen molar-refractivity contribution in [3.63, 3.8) is 0 Å². The van der Waals surface area contributed by atoms with E-state index in [1.807, 2.05) is 0 Å². The van der Waals surface area contributed by atoms with Crippen molar-refractivity contribution in [1.82, 2.24) is 0 Å². The van der Waals surface area contributed by atoms with E-state index in [2.05, 4.69) is 10.9 Å². The van der Waals surface area contributed by atoms with Gasteiger partial charge in [-0.1, -0.05) is 11.6 Å². The lowest BCUT2D eigenvalue weighted by molar-refractivity contribution is 0.564. The van der Waals surface area contributed by atoms with Gasteiger partial charge in [-0.2, -0.15) is 4.99 Å². The van der Waals surface area contributed by atoms with Crippen LogP contribution < -0.4 is 0 Å². The maximum atomic E-state index is 13.5. The summed E-state index contributed by atoms with van der Waals surface area (Å²) in [6, 6.07) is 0. The van der Waals surface area contributed by atoms with Crippen LogP contribution in [-0.4, -0.2) is 6.08 Å². The second-order valence-corrected chi connectivity index (χ2v) is 4.85. The number of halogens is 2. The third-order valence-corrected chi connectivity index (χ3v) is 4.27. The molecule has 0 aliphatic heterocycles. The molecule has 0 aliphatic carbocycles. The fourth-order valence-electron chi connectivity index (χ4n) is 1.01. The molecular formula is C9H6ClFNOS+. The van der Waals surface area contributed by atoms with Gasteiger partial charge in [0.2, 0.25) is 6.08 Å². The molecule has 0 N–H and O–H groups in total. The van der Waals surface area contributed by atoms with E-state index in [1.54, 1.807) is 6.92 Å². The molecule has 1 unspecified atom stereocenters. The van der Waals surface area contributed by atoms with Crippen molar-refractivity contribution in [2.24, 2.45) is 4.99 Å². The zero-order chi connectivity index (χ0) is 10.7. The summed E-state index contributed by atoms with van der Waals surface area (Å²) in [4.78, 5) is 13.9. The van der Waals surface area contributed by atoms with Gasteiger partial charge in [0.1, 0.15) is 5.02 Å². The average Bonchev–Trinajstić information content (AvgIpc) is 2.36. The Bertz CT molecular complexity index is 454. The van der Waals surface area contributed by atoms with E-state index in [4.69, 9.17) is 18.0 Å². The van der Waals surface area contributed by atoms with Crippen LogP contribution in [-0.2, 0) is 10.5 Å². The van der Waals surface area contributed by atoms with Crippen LogP contribution >= 0.6 is 22.1 Å². The SMILES string of the molecule is C#CC[s+]1c(C)c(Cl)c(N=C=O)c1F. The van der Waals surface area contributed by atoms with Gasteiger partial charge in [0.25, 0.3) is 0 Å². The quantitative estimate of drug-likeness (QED) is 0.332. The largest absolute Gasteiger partial charge is 0.351 e. The van der Waals surface area contributed by atoms with Crippen LogP contribution in [0.2, 0.25) is 5.02 Å². The Morgan fingerprint density at radius 2 is 2.36 bits per heavy atom. The molecule has 0 radical (unpaired) electrons. The van der Waals surface area contributed by atoms with Crippen molar-refractivity contribution < 1.29 is 9.18 Å². The topological polar surface area (TPSA) is 29.4 Å². The Labute approximate surface area is 88.4 Å². The van der Waals surface area contributed by atoms with E-state index in [9.17, 15) is 9.18 Å². The van der Waals surface area contributed by atoms with Gasteiger partial charge in [-0.3, -0.25) is 0 Å². The number of hydrogen-bond acceptors (Lipinski definition) is 2. The minimum absolute atomic E-state index is 0.127. The van der Waals surface area contributed by atoms with Crippen molar-refractivity contribution in [3.8, 4) is 12.3 Å². The number of rotatable bonds is 2. The zero-order valence-corrected chi connectivity index (χ0v) is 8.88. The summed E-state index contributed by atoms with van der Waals surface area (Å²) in [7, 11) is -0.827. The lowest BCUT2D eigenvalue weighted by atomic mass is 10.4. The standard InChI is InChI=1S/C9H6ClFNOS/c1-3-4-14-6(2)7(10)8(9(14)11)12-5-13/h1H,4H2,2H3/q+1. The van der Waals surface area contributed by atoms with E-state index in [-0.39, 0.29) is 16.5 Å². The van der Waals surface area contributed by atoms with Gasteiger partial charge in [-0.05, 0) is 5.92 Å². The third-order valence-electron chi connectivity index (χ3n) is 1.67. The zero-order valence-electron chi connectivity index (χ0n) is 7.30. The molecule has 1 heterocycles. The number of terminal acetylenes is 1. The maximum absolute atomic E-state index is 13.5. The maximum Gasteiger partial charge on any atom is 0.351 e. The average molecular weight is 231 g/mol. The van der Waals surface area contributed by atoms with Crippen LogP contribution in [0, 0.1) is 24.4 Å². The molecule has 0 saturated carbocycles. The molecule has 2 nitrogen and oxygen atoms in total. The van der Waals surface area contributed by atoms with Crippen molar-refractivity contribution in [2.75, 3.05) is 0 Å². The summed E-state index contributed by atoms with van der Waals surface area (Å²) in [5, 5.41) is -0.349. The van der Waals surface area contributed by atoms with E-state index < -0.39 is 15.6 Å². The van der Waals surface area contributed by atoms with Gasteiger partial charge in [-0.25, -0.2) is 4.79 Å². The second kappa shape index (κ2) is 4.39. The van der Waals surface area contributed by atoms with E-state index >= 15 is 0 Å². The van der Waals surface area contributed by atoms with E-state index in [0.29, 0.717) is 4.88 Å². The summed E-state index contributed by atoms with van der Waals surface area (Å²) in [6.07, 6.45) is 6.36. The first-order valence-electron chi connectivity index (χ1n) is 3.62. The predicted molar refractivity (Wildman–Crippen MR) is 55.2 cm³/mol. The van der Waals surface area contributed by atoms with Crippen molar-refractivity contribution in [1.29, 1.82) is 0 Å². The first-order valence-corrected chi connectivity index (χ1v) is 5.39. The van der Waals surface area contributed by atoms with Crippen molar-refractivity contribution in [2.45, 2.75) is 12.7 Å². The van der Waals surface area contributed by atoms with Gasteiger partial charge < -0.3 is 0 Å². The Kier molecular flexibility index (Phi) is 3.43. The summed E-state index contributed by atoms with van der Waals surface area (Å²) >= 11 is 5.78. The Morgan fingerprint density at radius 1 is 1.71 bits per heavy atom. The van der Waals surface area contributed by atoms with Gasteiger partial charge in [0.15, 0.2) is 16.3 Å². The Hall–Kier alpha value is -1.14. The molecule has 0 amide bonds. The Morgan fingerprint density at radius 3 is 2.86 bits per heavy atom. The second-order valence-electron chi connectivity index (χ2n) is 2.43. The predicted octanol–water partition coefficient (Wildman–Crippen LogP) is 3.14. The van der Waals surface area contributed by atoms with Crippen LogP contribution in [0.3, 0.4) is 0 Å². The molecular weight excluding hydrogens is 225 g/mol. The number of aliphatic imine (C=N–C) groups is 1. The van der Waals surface area contributed by atoms with Crippen LogP contribution in [0.25, 0.3) is 0 Å². The van der Waals surface area contributed by atoms with Crippen LogP contribution in [0.1, 0.15) is 4.88 Å². The summed E-state index contributed by atoms with van der Waals surface area (Å²) < 4.78 is 13.5. The van der Waals surface area contributed by atoms with Gasteiger partial charge in [0.05, 0.1) is 0 Å². The Balaban J connectivity index is 3.42. The number of nitrogens with zero attached hydrogens (tertiary/aromatic N) is 1. The molecule has 72 valence electrons. The van der Waals surface area contributed by atoms with Crippen LogP contribution in [0.4, 0.5) is 10.1 Å². The first kappa shape index (κ1) is 10.9. The molecule has 1 rings (SSSR count). The normalized spacial score (nSPS) is 10.6. The van der Waals surface area contributed by atoms with Gasteiger partial charge in [0, 0.05) is 17.4 Å². The highest BCUT2D eigenvalue weighted by atomic mass is 35.5. The number of hydrogen-bond donors (Lipinski definition) is 0. The van der Waals surface area contributed by atoms with Gasteiger partial charge in [-0.15, -0.1) is 10.8 Å². The lowest BCUT2D eigenvalue weighted by Crippen LogP contribution is -1.72. The molecule has 0 bridgehead atoms. The molecule has 0 spiro atoms. The molecule has 14 heavy (non-hydrogen) atoms. The molecule has 1 aromatic rings. The van der Waals surface area contributed by atoms with E-state index in [1.165, 1.54) is 6.08 Å². The highest BCUT2D eigenvalue weighted by Crippen LogP contribution is 2.44. The molecule has 0 aliphatic rings. The van der Waals surface area contributed by atoms with Crippen molar-refractivity contribution >= 4 is 33.8 Å². The fraction of sp³-hybridized carbons (Fsp3) is 0.222. The van der Waals surface area contributed by atoms with Crippen LogP contribution in [0.5, 0.6) is 0 Å². The number of isocyanates is 1. The molecule has 0 aromatic carbocycles. The minimum atomic E-state index is -0.827. The molecule has 1 atom stereocenters. The lowest BCUT2D eigenvalue weighted by Gasteiger charge is -1.82. The third kappa shape index (κ3) is 1.71. The number of carbonyl (C=O) groups excluding carboxylic acids is 1. The summed E-state index contributed by atoms with van der Waals surface area (Å²) in [6.45, 7) is 1.68. The summed E-state index contributed by atoms with van der Waals surface area (Å²) in [5.41, 5.74) is -0.127. The van der Waals surface area contributed by atoms with E-state index in [0.717, 1.165) is 0 Å². The smallest absolute Gasteiger partial charge is 0.211 e. The minimum Gasteiger partial charge on any atom is -0.211 e.